The van der Waals surface area contributed by atoms with Crippen LogP contribution in [0.1, 0.15) is 48.2 Å². The summed E-state index contributed by atoms with van der Waals surface area (Å²) in [6.07, 6.45) is 2.13. The molecule has 4 rings (SSSR count). The Hall–Kier alpha value is -3.04. The summed E-state index contributed by atoms with van der Waals surface area (Å²) in [6.45, 7) is 3.64. The third kappa shape index (κ3) is 3.99. The van der Waals surface area contributed by atoms with Gasteiger partial charge in [-0.2, -0.15) is 4.98 Å². The molecule has 0 amide bonds. The molecule has 3 aromatic rings. The monoisotopic (exact) mass is 429 g/mol. The molecule has 1 N–H and O–H groups in total. The highest BCUT2D eigenvalue weighted by atomic mass is 35.5. The second-order valence-electron chi connectivity index (χ2n) is 7.03. The van der Waals surface area contributed by atoms with E-state index in [9.17, 15) is 9.59 Å². The van der Waals surface area contributed by atoms with Gasteiger partial charge in [0, 0.05) is 17.2 Å². The maximum Gasteiger partial charge on any atom is 0.330 e. The van der Waals surface area contributed by atoms with Crippen molar-refractivity contribution in [3.63, 3.8) is 0 Å². The van der Waals surface area contributed by atoms with Crippen molar-refractivity contribution in [2.45, 2.75) is 38.8 Å². The van der Waals surface area contributed by atoms with Gasteiger partial charge in [0.15, 0.2) is 5.82 Å². The number of hydrogen-bond donors (Lipinski definition) is 1. The quantitative estimate of drug-likeness (QED) is 0.623. The van der Waals surface area contributed by atoms with E-state index < -0.39 is 11.2 Å². The Morgan fingerprint density at radius 3 is 2.83 bits per heavy atom. The molecular weight excluding hydrogens is 410 g/mol. The van der Waals surface area contributed by atoms with Crippen molar-refractivity contribution >= 4 is 23.6 Å². The van der Waals surface area contributed by atoms with Gasteiger partial charge in [-0.3, -0.25) is 14.3 Å². The zero-order chi connectivity index (χ0) is 21.3. The molecule has 3 heterocycles. The molecule has 2 aromatic heterocycles. The second kappa shape index (κ2) is 8.37. The van der Waals surface area contributed by atoms with Crippen LogP contribution >= 0.6 is 11.6 Å². The number of nitrogens with one attached hydrogen (secondary N) is 1. The molecule has 1 aliphatic rings. The Labute approximate surface area is 176 Å². The van der Waals surface area contributed by atoms with Crippen molar-refractivity contribution in [1.29, 1.82) is 0 Å². The van der Waals surface area contributed by atoms with Crippen LogP contribution < -0.4 is 11.2 Å². The van der Waals surface area contributed by atoms with Gasteiger partial charge in [0.2, 0.25) is 5.89 Å². The predicted octanol–water partition coefficient (Wildman–Crippen LogP) is 2.90. The zero-order valence-corrected chi connectivity index (χ0v) is 17.2. The van der Waals surface area contributed by atoms with Gasteiger partial charge < -0.3 is 9.26 Å². The van der Waals surface area contributed by atoms with Crippen molar-refractivity contribution in [3.8, 4) is 0 Å². The van der Waals surface area contributed by atoms with Gasteiger partial charge in [-0.15, -0.1) is 0 Å². The summed E-state index contributed by atoms with van der Waals surface area (Å²) < 4.78 is 12.2. The number of benzene rings is 1. The van der Waals surface area contributed by atoms with E-state index >= 15 is 0 Å². The van der Waals surface area contributed by atoms with E-state index in [0.29, 0.717) is 29.4 Å². The number of aromatic nitrogens is 4. The first-order valence-electron chi connectivity index (χ1n) is 9.48. The van der Waals surface area contributed by atoms with Crippen LogP contribution in [0.4, 0.5) is 5.82 Å². The zero-order valence-electron chi connectivity index (χ0n) is 16.5. The van der Waals surface area contributed by atoms with Crippen LogP contribution in [0.3, 0.4) is 0 Å². The smallest absolute Gasteiger partial charge is 0.330 e. The molecule has 1 fully saturated rings. The third-order valence-corrected chi connectivity index (χ3v) is 5.28. The normalized spacial score (nSPS) is 19.0. The lowest BCUT2D eigenvalue weighted by Gasteiger charge is -2.09. The molecule has 0 unspecified atom stereocenters. The topological polar surface area (TPSA) is 115 Å². The predicted molar refractivity (Wildman–Crippen MR) is 111 cm³/mol. The molecule has 0 bridgehead atoms. The fraction of sp³-hybridized carbons (Fsp3) is 0.350. The molecule has 1 aliphatic heterocycles. The fourth-order valence-corrected chi connectivity index (χ4v) is 3.54. The van der Waals surface area contributed by atoms with Gasteiger partial charge in [0.05, 0.1) is 18.3 Å². The van der Waals surface area contributed by atoms with Crippen molar-refractivity contribution in [1.82, 2.24) is 19.7 Å². The molecule has 0 radical (unpaired) electrons. The van der Waals surface area contributed by atoms with Crippen molar-refractivity contribution in [3.05, 3.63) is 73.0 Å². The molecule has 30 heavy (non-hydrogen) atoms. The minimum atomic E-state index is -0.585. The van der Waals surface area contributed by atoms with Gasteiger partial charge in [0.25, 0.3) is 5.56 Å². The highest BCUT2D eigenvalue weighted by Gasteiger charge is 2.31. The van der Waals surface area contributed by atoms with E-state index in [4.69, 9.17) is 20.9 Å². The number of aromatic amines is 1. The van der Waals surface area contributed by atoms with Crippen LogP contribution in [-0.4, -0.2) is 32.5 Å². The molecule has 9 nitrogen and oxygen atoms in total. The van der Waals surface area contributed by atoms with Crippen molar-refractivity contribution in [2.75, 3.05) is 6.61 Å². The van der Waals surface area contributed by atoms with E-state index in [-0.39, 0.29) is 30.3 Å². The molecule has 0 aliphatic carbocycles. The highest BCUT2D eigenvalue weighted by molar-refractivity contribution is 6.30. The van der Waals surface area contributed by atoms with Gasteiger partial charge in [-0.1, -0.05) is 28.9 Å². The molecule has 0 saturated carbocycles. The lowest BCUT2D eigenvalue weighted by Crippen LogP contribution is -2.36. The Balaban J connectivity index is 1.50. The molecule has 10 heteroatoms. The third-order valence-electron chi connectivity index (χ3n) is 5.03. The minimum absolute atomic E-state index is 0.0406. The van der Waals surface area contributed by atoms with E-state index in [1.165, 1.54) is 6.21 Å². The van der Waals surface area contributed by atoms with E-state index in [2.05, 4.69) is 20.1 Å². The molecule has 2 atom stereocenters. The Bertz CT molecular complexity index is 1200. The fourth-order valence-electron chi connectivity index (χ4n) is 3.41. The Kier molecular flexibility index (Phi) is 5.65. The Morgan fingerprint density at radius 2 is 2.10 bits per heavy atom. The number of hydrogen-bond acceptors (Lipinski definition) is 7. The van der Waals surface area contributed by atoms with E-state index in [1.54, 1.807) is 13.8 Å². The molecule has 156 valence electrons. The summed E-state index contributed by atoms with van der Waals surface area (Å²) in [5.74, 6) is 0.876. The van der Waals surface area contributed by atoms with E-state index in [0.717, 1.165) is 10.1 Å². The number of aliphatic imine (C=N–C) groups is 1. The lowest BCUT2D eigenvalue weighted by molar-refractivity contribution is 0.110. The first kappa shape index (κ1) is 20.2. The average Bonchev–Trinajstić information content (AvgIpc) is 3.39. The SMILES string of the molecule is C/C=N\c1[nH]c(=O)n(Cc2nc([C@@H]3CO[C@@H](c4ccc(Cl)cc4)C3)no2)c(=O)c1C. The number of rotatable bonds is 5. The lowest BCUT2D eigenvalue weighted by atomic mass is 10.0. The van der Waals surface area contributed by atoms with Gasteiger partial charge in [-0.05, 0) is 38.0 Å². The van der Waals surface area contributed by atoms with Crippen LogP contribution in [0.2, 0.25) is 5.02 Å². The molecule has 0 spiro atoms. The molecule has 1 saturated heterocycles. The summed E-state index contributed by atoms with van der Waals surface area (Å²) in [5, 5.41) is 4.70. The molecule has 1 aromatic carbocycles. The van der Waals surface area contributed by atoms with Crippen LogP contribution in [-0.2, 0) is 11.3 Å². The average molecular weight is 430 g/mol. The second-order valence-corrected chi connectivity index (χ2v) is 7.47. The maximum atomic E-state index is 12.5. The van der Waals surface area contributed by atoms with Crippen LogP contribution in [0.5, 0.6) is 0 Å². The van der Waals surface area contributed by atoms with Crippen LogP contribution in [0.25, 0.3) is 0 Å². The standard InChI is InChI=1S/C20H20ClN5O4/c1-3-22-17-11(2)19(27)26(20(28)24-17)9-16-23-18(25-30-16)13-8-15(29-10-13)12-4-6-14(21)7-5-12/h3-7,13,15H,8-10H2,1-2H3,(H,24,28)/b22-3-/t13-,15+/m0/s1. The summed E-state index contributed by atoms with van der Waals surface area (Å²) in [7, 11) is 0. The van der Waals surface area contributed by atoms with Crippen LogP contribution in [0.15, 0.2) is 43.4 Å². The highest BCUT2D eigenvalue weighted by Crippen LogP contribution is 2.37. The van der Waals surface area contributed by atoms with E-state index in [1.807, 2.05) is 24.3 Å². The number of nitrogens with zero attached hydrogens (tertiary/aromatic N) is 4. The van der Waals surface area contributed by atoms with Gasteiger partial charge in [-0.25, -0.2) is 9.79 Å². The van der Waals surface area contributed by atoms with Crippen molar-refractivity contribution < 1.29 is 9.26 Å². The minimum Gasteiger partial charge on any atom is -0.373 e. The number of ether oxygens (including phenoxy) is 1. The summed E-state index contributed by atoms with van der Waals surface area (Å²) in [4.78, 5) is 35.8. The van der Waals surface area contributed by atoms with Crippen molar-refractivity contribution in [2.24, 2.45) is 4.99 Å². The molecular formula is C20H20ClN5O4. The maximum absolute atomic E-state index is 12.5. The van der Waals surface area contributed by atoms with Gasteiger partial charge in [0.1, 0.15) is 12.4 Å². The Morgan fingerprint density at radius 1 is 1.33 bits per heavy atom. The first-order chi connectivity index (χ1) is 14.5. The number of H-pyrrole nitrogens is 1. The largest absolute Gasteiger partial charge is 0.373 e. The summed E-state index contributed by atoms with van der Waals surface area (Å²) >= 11 is 5.94. The summed E-state index contributed by atoms with van der Waals surface area (Å²) in [5.41, 5.74) is 0.334. The number of halogens is 1. The first-order valence-corrected chi connectivity index (χ1v) is 9.86. The van der Waals surface area contributed by atoms with Crippen LogP contribution in [0, 0.1) is 6.92 Å². The van der Waals surface area contributed by atoms with Gasteiger partial charge >= 0.3 is 5.69 Å². The summed E-state index contributed by atoms with van der Waals surface area (Å²) in [6, 6.07) is 7.53.